The molecule has 2 N–H and O–H groups in total. The van der Waals surface area contributed by atoms with Crippen molar-refractivity contribution in [1.29, 1.82) is 0 Å². The Morgan fingerprint density at radius 2 is 2.31 bits per heavy atom. The summed E-state index contributed by atoms with van der Waals surface area (Å²) in [5.41, 5.74) is 8.48. The minimum absolute atomic E-state index is 0.591. The first-order valence-corrected chi connectivity index (χ1v) is 6.97. The molecule has 3 heteroatoms. The summed E-state index contributed by atoms with van der Waals surface area (Å²) in [5.74, 6) is 1.17. The first kappa shape index (κ1) is 11.8. The molecule has 0 radical (unpaired) electrons. The first-order chi connectivity index (χ1) is 7.76. The average Bonchev–Trinajstić information content (AvgIpc) is 2.32. The van der Waals surface area contributed by atoms with Crippen molar-refractivity contribution in [3.63, 3.8) is 0 Å². The number of nitrogens with two attached hydrogens (primary N) is 1. The van der Waals surface area contributed by atoms with Crippen LogP contribution < -0.4 is 10.6 Å². The number of nitrogens with zero attached hydrogens (tertiary/aromatic N) is 1. The van der Waals surface area contributed by atoms with Gasteiger partial charge in [0.1, 0.15) is 0 Å². The Morgan fingerprint density at radius 1 is 1.50 bits per heavy atom. The van der Waals surface area contributed by atoms with Crippen molar-refractivity contribution >= 4 is 17.4 Å². The lowest BCUT2D eigenvalue weighted by molar-refractivity contribution is 0.678. The molecular formula is C13H20N2S. The Bertz CT molecular complexity index is 365. The van der Waals surface area contributed by atoms with Crippen molar-refractivity contribution in [1.82, 2.24) is 0 Å². The van der Waals surface area contributed by atoms with E-state index in [2.05, 4.69) is 36.9 Å². The fourth-order valence-corrected chi connectivity index (χ4v) is 3.32. The van der Waals surface area contributed by atoms with Crippen molar-refractivity contribution in [2.75, 3.05) is 23.7 Å². The van der Waals surface area contributed by atoms with Crippen LogP contribution in [0.3, 0.4) is 0 Å². The predicted octanol–water partition coefficient (Wildman–Crippen LogP) is 2.51. The van der Waals surface area contributed by atoms with Gasteiger partial charge in [0, 0.05) is 29.8 Å². The third-order valence-electron chi connectivity index (χ3n) is 3.12. The first-order valence-electron chi connectivity index (χ1n) is 5.98. The van der Waals surface area contributed by atoms with Gasteiger partial charge in [0.05, 0.1) is 5.69 Å². The third kappa shape index (κ3) is 2.20. The molecule has 1 aliphatic rings. The number of hydrogen-bond acceptors (Lipinski definition) is 3. The van der Waals surface area contributed by atoms with E-state index in [0.29, 0.717) is 6.04 Å². The summed E-state index contributed by atoms with van der Waals surface area (Å²) in [4.78, 5) is 3.86. The molecule has 0 amide bonds. The molecular weight excluding hydrogens is 216 g/mol. The highest BCUT2D eigenvalue weighted by Crippen LogP contribution is 2.37. The van der Waals surface area contributed by atoms with Gasteiger partial charge in [0.15, 0.2) is 0 Å². The zero-order valence-electron chi connectivity index (χ0n) is 10.1. The molecule has 0 bridgehead atoms. The number of rotatable bonds is 3. The van der Waals surface area contributed by atoms with E-state index in [1.54, 1.807) is 0 Å². The number of hydrogen-bond donors (Lipinski definition) is 1. The van der Waals surface area contributed by atoms with Crippen molar-refractivity contribution in [3.8, 4) is 0 Å². The third-order valence-corrected chi connectivity index (χ3v) is 4.41. The monoisotopic (exact) mass is 236 g/mol. The second-order valence-corrected chi connectivity index (χ2v) is 5.36. The standard InChI is InChI=1S/C13H20N2S/c1-3-11-4-5-12-13(8-11)16-9-10(2)15(12)7-6-14/h4-5,8,10H,3,6-7,9,14H2,1-2H3. The van der Waals surface area contributed by atoms with E-state index in [1.807, 2.05) is 11.8 Å². The van der Waals surface area contributed by atoms with Crippen LogP contribution in [0.5, 0.6) is 0 Å². The molecule has 2 nitrogen and oxygen atoms in total. The molecule has 1 aromatic carbocycles. The maximum atomic E-state index is 5.69. The summed E-state index contributed by atoms with van der Waals surface area (Å²) in [6.07, 6.45) is 1.11. The van der Waals surface area contributed by atoms with Gasteiger partial charge in [-0.1, -0.05) is 13.0 Å². The summed E-state index contributed by atoms with van der Waals surface area (Å²) in [5, 5.41) is 0. The number of benzene rings is 1. The Morgan fingerprint density at radius 3 is 3.00 bits per heavy atom. The second kappa shape index (κ2) is 5.11. The molecule has 88 valence electrons. The largest absolute Gasteiger partial charge is 0.366 e. The van der Waals surface area contributed by atoms with Gasteiger partial charge in [-0.15, -0.1) is 11.8 Å². The van der Waals surface area contributed by atoms with Gasteiger partial charge in [0.2, 0.25) is 0 Å². The van der Waals surface area contributed by atoms with Crippen LogP contribution in [0.1, 0.15) is 19.4 Å². The summed E-state index contributed by atoms with van der Waals surface area (Å²) in [7, 11) is 0. The minimum atomic E-state index is 0.591. The maximum Gasteiger partial charge on any atom is 0.0507 e. The lowest BCUT2D eigenvalue weighted by Gasteiger charge is -2.36. The Labute approximate surface area is 102 Å². The summed E-state index contributed by atoms with van der Waals surface area (Å²) in [6.45, 7) is 6.17. The predicted molar refractivity (Wildman–Crippen MR) is 72.4 cm³/mol. The average molecular weight is 236 g/mol. The lowest BCUT2D eigenvalue weighted by Crippen LogP contribution is -2.40. The van der Waals surface area contributed by atoms with Gasteiger partial charge in [-0.3, -0.25) is 0 Å². The molecule has 1 unspecified atom stereocenters. The summed E-state index contributed by atoms with van der Waals surface area (Å²) >= 11 is 1.97. The number of anilines is 1. The Balaban J connectivity index is 2.32. The van der Waals surface area contributed by atoms with Crippen LogP contribution in [0.4, 0.5) is 5.69 Å². The normalized spacial score (nSPS) is 19.7. The van der Waals surface area contributed by atoms with Crippen molar-refractivity contribution in [3.05, 3.63) is 23.8 Å². The highest BCUT2D eigenvalue weighted by Gasteiger charge is 2.22. The van der Waals surface area contributed by atoms with Gasteiger partial charge in [-0.25, -0.2) is 0 Å². The fourth-order valence-electron chi connectivity index (χ4n) is 2.15. The van der Waals surface area contributed by atoms with Crippen LogP contribution >= 0.6 is 11.8 Å². The van der Waals surface area contributed by atoms with E-state index in [0.717, 1.165) is 19.5 Å². The quantitative estimate of drug-likeness (QED) is 0.874. The molecule has 1 atom stereocenters. The molecule has 0 saturated heterocycles. The van der Waals surface area contributed by atoms with Crippen LogP contribution in [0, 0.1) is 0 Å². The fraction of sp³-hybridized carbons (Fsp3) is 0.538. The molecule has 16 heavy (non-hydrogen) atoms. The van der Waals surface area contributed by atoms with Crippen molar-refractivity contribution < 1.29 is 0 Å². The molecule has 1 aromatic rings. The van der Waals surface area contributed by atoms with Crippen LogP contribution in [0.2, 0.25) is 0 Å². The molecule has 0 saturated carbocycles. The van der Waals surface area contributed by atoms with E-state index in [-0.39, 0.29) is 0 Å². The Hall–Kier alpha value is -0.670. The van der Waals surface area contributed by atoms with E-state index in [1.165, 1.54) is 21.9 Å². The van der Waals surface area contributed by atoms with Crippen LogP contribution in [0.25, 0.3) is 0 Å². The maximum absolute atomic E-state index is 5.69. The molecule has 0 aliphatic carbocycles. The summed E-state index contributed by atoms with van der Waals surface area (Å²) in [6, 6.07) is 7.41. The zero-order valence-corrected chi connectivity index (χ0v) is 10.9. The van der Waals surface area contributed by atoms with Gasteiger partial charge in [-0.2, -0.15) is 0 Å². The molecule has 0 spiro atoms. The highest BCUT2D eigenvalue weighted by molar-refractivity contribution is 7.99. The van der Waals surface area contributed by atoms with Crippen LogP contribution in [0.15, 0.2) is 23.1 Å². The SMILES string of the molecule is CCc1ccc2c(c1)SCC(C)N2CCN. The highest BCUT2D eigenvalue weighted by atomic mass is 32.2. The molecule has 1 aliphatic heterocycles. The lowest BCUT2D eigenvalue weighted by atomic mass is 10.1. The second-order valence-electron chi connectivity index (χ2n) is 4.30. The summed E-state index contributed by atoms with van der Waals surface area (Å²) < 4.78 is 0. The Kier molecular flexibility index (Phi) is 3.77. The van der Waals surface area contributed by atoms with E-state index in [9.17, 15) is 0 Å². The van der Waals surface area contributed by atoms with Crippen molar-refractivity contribution in [2.45, 2.75) is 31.2 Å². The minimum Gasteiger partial charge on any atom is -0.366 e. The molecule has 2 rings (SSSR count). The van der Waals surface area contributed by atoms with Crippen molar-refractivity contribution in [2.24, 2.45) is 5.73 Å². The number of aryl methyl sites for hydroxylation is 1. The van der Waals surface area contributed by atoms with Crippen LogP contribution in [-0.2, 0) is 6.42 Å². The smallest absolute Gasteiger partial charge is 0.0507 e. The number of fused-ring (bicyclic) bond motifs is 1. The van der Waals surface area contributed by atoms with E-state index >= 15 is 0 Å². The van der Waals surface area contributed by atoms with E-state index in [4.69, 9.17) is 5.73 Å². The molecule has 0 fully saturated rings. The van der Waals surface area contributed by atoms with Gasteiger partial charge in [0.25, 0.3) is 0 Å². The topological polar surface area (TPSA) is 29.3 Å². The molecule has 0 aromatic heterocycles. The van der Waals surface area contributed by atoms with E-state index < -0.39 is 0 Å². The zero-order chi connectivity index (χ0) is 11.5. The van der Waals surface area contributed by atoms with Gasteiger partial charge < -0.3 is 10.6 Å². The van der Waals surface area contributed by atoms with Gasteiger partial charge in [-0.05, 0) is 31.0 Å². The molecule has 1 heterocycles. The van der Waals surface area contributed by atoms with Crippen LogP contribution in [-0.4, -0.2) is 24.9 Å². The number of thioether (sulfide) groups is 1. The van der Waals surface area contributed by atoms with Gasteiger partial charge >= 0.3 is 0 Å².